The van der Waals surface area contributed by atoms with Crippen LogP contribution in [0.1, 0.15) is 38.2 Å². The fourth-order valence-corrected chi connectivity index (χ4v) is 2.60. The molecule has 2 unspecified atom stereocenters. The summed E-state index contributed by atoms with van der Waals surface area (Å²) in [7, 11) is 0. The van der Waals surface area contributed by atoms with Crippen molar-refractivity contribution in [1.29, 1.82) is 0 Å². The molecule has 0 spiro atoms. The lowest BCUT2D eigenvalue weighted by molar-refractivity contribution is -0.142. The second-order valence-electron chi connectivity index (χ2n) is 6.14. The highest BCUT2D eigenvalue weighted by atomic mass is 19.1. The number of hydrogen-bond donors (Lipinski definition) is 2. The number of benzene rings is 1. The average molecular weight is 311 g/mol. The van der Waals surface area contributed by atoms with Crippen molar-refractivity contribution in [1.82, 2.24) is 5.32 Å². The largest absolute Gasteiger partial charge is 0.480 e. The van der Waals surface area contributed by atoms with Gasteiger partial charge in [0.1, 0.15) is 17.7 Å². The quantitative estimate of drug-likeness (QED) is 0.849. The minimum absolute atomic E-state index is 0.131. The molecule has 0 saturated heterocycles. The molecule has 1 saturated carbocycles. The van der Waals surface area contributed by atoms with Crippen LogP contribution in [0, 0.1) is 23.5 Å². The topological polar surface area (TPSA) is 66.4 Å². The van der Waals surface area contributed by atoms with Gasteiger partial charge in [0.2, 0.25) is 5.91 Å². The van der Waals surface area contributed by atoms with Crippen molar-refractivity contribution in [3.8, 4) is 0 Å². The lowest BCUT2D eigenvalue weighted by Crippen LogP contribution is -2.42. The minimum atomic E-state index is -1.08. The van der Waals surface area contributed by atoms with Crippen molar-refractivity contribution >= 4 is 11.9 Å². The highest BCUT2D eigenvalue weighted by molar-refractivity contribution is 5.87. The molecular formula is C16H19F2NO3. The third-order valence-corrected chi connectivity index (χ3v) is 3.81. The molecule has 2 N–H and O–H groups in total. The molecule has 2 rings (SSSR count). The van der Waals surface area contributed by atoms with Gasteiger partial charge in [0.15, 0.2) is 0 Å². The third kappa shape index (κ3) is 3.81. The predicted molar refractivity (Wildman–Crippen MR) is 76.2 cm³/mol. The van der Waals surface area contributed by atoms with Gasteiger partial charge in [0, 0.05) is 12.0 Å². The zero-order valence-corrected chi connectivity index (χ0v) is 12.5. The Morgan fingerprint density at radius 3 is 2.59 bits per heavy atom. The molecule has 0 bridgehead atoms. The highest BCUT2D eigenvalue weighted by Crippen LogP contribution is 2.48. The fraction of sp³-hybridized carbons (Fsp3) is 0.500. The number of aliphatic carboxylic acids is 1. The summed E-state index contributed by atoms with van der Waals surface area (Å²) in [5.41, 5.74) is 0.303. The standard InChI is InChI=1S/C16H19F2NO3/c1-8(2)5-14(16(21)22)19-15(20)12-7-11(12)10-4-3-9(17)6-13(10)18/h3-4,6,8,11-12,14H,5,7H2,1-2H3,(H,19,20)(H,21,22)/t11?,12?,14-/m0/s1. The molecule has 0 aliphatic heterocycles. The van der Waals surface area contributed by atoms with Gasteiger partial charge in [-0.25, -0.2) is 13.6 Å². The van der Waals surface area contributed by atoms with Crippen molar-refractivity contribution < 1.29 is 23.5 Å². The summed E-state index contributed by atoms with van der Waals surface area (Å²) in [6, 6.07) is 2.35. The fourth-order valence-electron chi connectivity index (χ4n) is 2.60. The molecule has 3 atom stereocenters. The second-order valence-corrected chi connectivity index (χ2v) is 6.14. The van der Waals surface area contributed by atoms with Crippen molar-refractivity contribution in [2.75, 3.05) is 0 Å². The van der Waals surface area contributed by atoms with Crippen LogP contribution >= 0.6 is 0 Å². The Morgan fingerprint density at radius 1 is 1.36 bits per heavy atom. The lowest BCUT2D eigenvalue weighted by Gasteiger charge is -2.16. The van der Waals surface area contributed by atoms with Gasteiger partial charge in [-0.1, -0.05) is 19.9 Å². The molecule has 1 fully saturated rings. The van der Waals surface area contributed by atoms with E-state index in [4.69, 9.17) is 5.11 Å². The van der Waals surface area contributed by atoms with E-state index in [9.17, 15) is 18.4 Å². The Morgan fingerprint density at radius 2 is 2.05 bits per heavy atom. The van der Waals surface area contributed by atoms with E-state index >= 15 is 0 Å². The van der Waals surface area contributed by atoms with E-state index in [1.165, 1.54) is 6.07 Å². The first-order chi connectivity index (χ1) is 10.3. The first-order valence-corrected chi connectivity index (χ1v) is 7.27. The zero-order chi connectivity index (χ0) is 16.4. The van der Waals surface area contributed by atoms with Crippen molar-refractivity contribution in [2.24, 2.45) is 11.8 Å². The maximum absolute atomic E-state index is 13.7. The summed E-state index contributed by atoms with van der Waals surface area (Å²) in [5, 5.41) is 11.6. The van der Waals surface area contributed by atoms with E-state index in [2.05, 4.69) is 5.32 Å². The molecule has 1 aliphatic carbocycles. The SMILES string of the molecule is CC(C)C[C@H](NC(=O)C1CC1c1ccc(F)cc1F)C(=O)O. The number of halogens is 2. The molecule has 4 nitrogen and oxygen atoms in total. The van der Waals surface area contributed by atoms with E-state index < -0.39 is 29.6 Å². The Hall–Kier alpha value is -1.98. The molecule has 6 heteroatoms. The number of rotatable bonds is 6. The highest BCUT2D eigenvalue weighted by Gasteiger charge is 2.46. The normalized spacial score (nSPS) is 21.5. The van der Waals surface area contributed by atoms with Gasteiger partial charge in [-0.15, -0.1) is 0 Å². The van der Waals surface area contributed by atoms with Crippen molar-refractivity contribution in [2.45, 2.75) is 38.6 Å². The number of carboxylic acid groups (broad SMARTS) is 1. The molecule has 1 aromatic carbocycles. The summed E-state index contributed by atoms with van der Waals surface area (Å²) in [6.07, 6.45) is 0.784. The molecule has 22 heavy (non-hydrogen) atoms. The maximum Gasteiger partial charge on any atom is 0.326 e. The second kappa shape index (κ2) is 6.42. The van der Waals surface area contributed by atoms with Crippen LogP contribution in [0.4, 0.5) is 8.78 Å². The first kappa shape index (κ1) is 16.4. The summed E-state index contributed by atoms with van der Waals surface area (Å²) < 4.78 is 26.6. The number of amides is 1. The Labute approximate surface area is 127 Å². The lowest BCUT2D eigenvalue weighted by atomic mass is 10.0. The zero-order valence-electron chi connectivity index (χ0n) is 12.5. The third-order valence-electron chi connectivity index (χ3n) is 3.81. The molecule has 0 radical (unpaired) electrons. The van der Waals surface area contributed by atoms with E-state index in [0.717, 1.165) is 12.1 Å². The first-order valence-electron chi connectivity index (χ1n) is 7.27. The van der Waals surface area contributed by atoms with Crippen LogP contribution in [0.15, 0.2) is 18.2 Å². The van der Waals surface area contributed by atoms with E-state index in [0.29, 0.717) is 18.4 Å². The predicted octanol–water partition coefficient (Wildman–Crippen LogP) is 2.68. The average Bonchev–Trinajstić information content (AvgIpc) is 3.17. The van der Waals surface area contributed by atoms with Gasteiger partial charge in [0.25, 0.3) is 0 Å². The van der Waals surface area contributed by atoms with Gasteiger partial charge >= 0.3 is 5.97 Å². The molecule has 0 heterocycles. The van der Waals surface area contributed by atoms with Crippen LogP contribution in [-0.4, -0.2) is 23.0 Å². The van der Waals surface area contributed by atoms with Gasteiger partial charge in [-0.2, -0.15) is 0 Å². The monoisotopic (exact) mass is 311 g/mol. The molecule has 0 aromatic heterocycles. The molecule has 1 aliphatic rings. The van der Waals surface area contributed by atoms with Gasteiger partial charge < -0.3 is 10.4 Å². The van der Waals surface area contributed by atoms with E-state index in [-0.39, 0.29) is 17.7 Å². The Bertz CT molecular complexity index is 589. The Balaban J connectivity index is 1.99. The minimum Gasteiger partial charge on any atom is -0.480 e. The molecule has 120 valence electrons. The number of carbonyl (C=O) groups is 2. The van der Waals surface area contributed by atoms with Gasteiger partial charge in [-0.3, -0.25) is 4.79 Å². The molecule has 1 amide bonds. The number of nitrogens with one attached hydrogen (secondary N) is 1. The van der Waals surface area contributed by atoms with Crippen LogP contribution in [0.3, 0.4) is 0 Å². The van der Waals surface area contributed by atoms with Crippen LogP contribution in [0.2, 0.25) is 0 Å². The smallest absolute Gasteiger partial charge is 0.326 e. The summed E-state index contributed by atoms with van der Waals surface area (Å²) >= 11 is 0. The van der Waals surface area contributed by atoms with E-state index in [1.807, 2.05) is 13.8 Å². The Kier molecular flexibility index (Phi) is 4.78. The van der Waals surface area contributed by atoms with E-state index in [1.54, 1.807) is 0 Å². The number of carboxylic acids is 1. The molecule has 1 aromatic rings. The summed E-state index contributed by atoms with van der Waals surface area (Å²) in [5.74, 6) is -3.42. The van der Waals surface area contributed by atoms with Crippen LogP contribution in [-0.2, 0) is 9.59 Å². The molecular weight excluding hydrogens is 292 g/mol. The number of hydrogen-bond acceptors (Lipinski definition) is 2. The van der Waals surface area contributed by atoms with Gasteiger partial charge in [0.05, 0.1) is 0 Å². The maximum atomic E-state index is 13.7. The number of carbonyl (C=O) groups excluding carboxylic acids is 1. The summed E-state index contributed by atoms with van der Waals surface area (Å²) in [6.45, 7) is 3.74. The van der Waals surface area contributed by atoms with Crippen molar-refractivity contribution in [3.63, 3.8) is 0 Å². The van der Waals surface area contributed by atoms with Gasteiger partial charge in [-0.05, 0) is 36.3 Å². The van der Waals surface area contributed by atoms with Crippen LogP contribution < -0.4 is 5.32 Å². The van der Waals surface area contributed by atoms with Crippen LogP contribution in [0.25, 0.3) is 0 Å². The van der Waals surface area contributed by atoms with Crippen molar-refractivity contribution in [3.05, 3.63) is 35.4 Å². The summed E-state index contributed by atoms with van der Waals surface area (Å²) in [4.78, 5) is 23.2. The van der Waals surface area contributed by atoms with Crippen LogP contribution in [0.5, 0.6) is 0 Å².